The van der Waals surface area contributed by atoms with Crippen molar-refractivity contribution in [2.75, 3.05) is 10.6 Å². The highest BCUT2D eigenvalue weighted by Gasteiger charge is 2.31. The Hall–Kier alpha value is -2.54. The van der Waals surface area contributed by atoms with E-state index in [1.54, 1.807) is 18.2 Å². The lowest BCUT2D eigenvalue weighted by atomic mass is 10.2. The molecule has 0 radical (unpaired) electrons. The molecule has 132 valence electrons. The SMILES string of the molecule is Cc1cccc(NC(=O)CC(=O)Nc2cc(C(F)(F)F)ccc2Cl)c1. The Kier molecular flexibility index (Phi) is 5.69. The van der Waals surface area contributed by atoms with E-state index in [2.05, 4.69) is 10.6 Å². The fourth-order valence-corrected chi connectivity index (χ4v) is 2.23. The van der Waals surface area contributed by atoms with Crippen LogP contribution in [-0.2, 0) is 15.8 Å². The van der Waals surface area contributed by atoms with Gasteiger partial charge >= 0.3 is 6.18 Å². The first-order valence-corrected chi connectivity index (χ1v) is 7.56. The van der Waals surface area contributed by atoms with Crippen molar-refractivity contribution in [2.24, 2.45) is 0 Å². The predicted molar refractivity (Wildman–Crippen MR) is 89.5 cm³/mol. The van der Waals surface area contributed by atoms with Crippen LogP contribution in [0.4, 0.5) is 24.5 Å². The maximum atomic E-state index is 12.7. The molecule has 8 heteroatoms. The standard InChI is InChI=1S/C17H14ClF3N2O2/c1-10-3-2-4-12(7-10)22-15(24)9-16(25)23-14-8-11(17(19,20)21)5-6-13(14)18/h2-8H,9H2,1H3,(H,22,24)(H,23,25). The lowest BCUT2D eigenvalue weighted by Gasteiger charge is -2.12. The Morgan fingerprint density at radius 3 is 2.36 bits per heavy atom. The first-order chi connectivity index (χ1) is 11.6. The van der Waals surface area contributed by atoms with Crippen LogP contribution in [-0.4, -0.2) is 11.8 Å². The topological polar surface area (TPSA) is 58.2 Å². The maximum Gasteiger partial charge on any atom is 0.416 e. The number of nitrogens with one attached hydrogen (secondary N) is 2. The second kappa shape index (κ2) is 7.57. The van der Waals surface area contributed by atoms with E-state index in [1.807, 2.05) is 13.0 Å². The first-order valence-electron chi connectivity index (χ1n) is 7.18. The highest BCUT2D eigenvalue weighted by Crippen LogP contribution is 2.33. The molecule has 0 atom stereocenters. The van der Waals surface area contributed by atoms with Crippen molar-refractivity contribution in [1.82, 2.24) is 0 Å². The monoisotopic (exact) mass is 370 g/mol. The van der Waals surface area contributed by atoms with Crippen LogP contribution in [0.1, 0.15) is 17.5 Å². The summed E-state index contributed by atoms with van der Waals surface area (Å²) in [4.78, 5) is 23.7. The molecule has 0 aliphatic heterocycles. The lowest BCUT2D eigenvalue weighted by Crippen LogP contribution is -2.21. The third-order valence-electron chi connectivity index (χ3n) is 3.19. The molecule has 2 aromatic carbocycles. The van der Waals surface area contributed by atoms with Gasteiger partial charge in [-0.15, -0.1) is 0 Å². The molecule has 0 spiro atoms. The van der Waals surface area contributed by atoms with Gasteiger partial charge in [-0.05, 0) is 42.8 Å². The van der Waals surface area contributed by atoms with Crippen molar-refractivity contribution in [2.45, 2.75) is 19.5 Å². The van der Waals surface area contributed by atoms with Gasteiger partial charge in [0, 0.05) is 5.69 Å². The molecular formula is C17H14ClF3N2O2. The summed E-state index contributed by atoms with van der Waals surface area (Å²) in [6.45, 7) is 1.85. The number of halogens is 4. The van der Waals surface area contributed by atoms with E-state index in [9.17, 15) is 22.8 Å². The van der Waals surface area contributed by atoms with Gasteiger partial charge in [-0.1, -0.05) is 23.7 Å². The minimum Gasteiger partial charge on any atom is -0.326 e. The van der Waals surface area contributed by atoms with Crippen molar-refractivity contribution in [1.29, 1.82) is 0 Å². The van der Waals surface area contributed by atoms with E-state index >= 15 is 0 Å². The number of carbonyl (C=O) groups excluding carboxylic acids is 2. The van der Waals surface area contributed by atoms with Crippen molar-refractivity contribution in [3.63, 3.8) is 0 Å². The molecule has 0 bridgehead atoms. The lowest BCUT2D eigenvalue weighted by molar-refractivity contribution is -0.137. The zero-order chi connectivity index (χ0) is 18.6. The normalized spacial score (nSPS) is 11.1. The molecule has 2 aromatic rings. The van der Waals surface area contributed by atoms with Crippen molar-refractivity contribution in [3.05, 3.63) is 58.6 Å². The minimum absolute atomic E-state index is 0.0551. The predicted octanol–water partition coefficient (Wildman–Crippen LogP) is 4.63. The van der Waals surface area contributed by atoms with Crippen molar-refractivity contribution < 1.29 is 22.8 Å². The number of aryl methyl sites for hydroxylation is 1. The van der Waals surface area contributed by atoms with Crippen LogP contribution in [0.15, 0.2) is 42.5 Å². The quantitative estimate of drug-likeness (QED) is 0.771. The van der Waals surface area contributed by atoms with E-state index in [0.29, 0.717) is 5.69 Å². The number of rotatable bonds is 4. The van der Waals surface area contributed by atoms with Gasteiger partial charge in [0.1, 0.15) is 6.42 Å². The number of amides is 2. The fraction of sp³-hybridized carbons (Fsp3) is 0.176. The van der Waals surface area contributed by atoms with Gasteiger partial charge in [0.15, 0.2) is 0 Å². The van der Waals surface area contributed by atoms with Gasteiger partial charge in [-0.2, -0.15) is 13.2 Å². The average molecular weight is 371 g/mol. The molecule has 4 nitrogen and oxygen atoms in total. The third-order valence-corrected chi connectivity index (χ3v) is 3.52. The molecule has 2 N–H and O–H groups in total. The summed E-state index contributed by atoms with van der Waals surface area (Å²) < 4.78 is 38.1. The number of anilines is 2. The molecule has 0 saturated heterocycles. The molecule has 0 aliphatic carbocycles. The average Bonchev–Trinajstić information content (AvgIpc) is 2.48. The van der Waals surface area contributed by atoms with Gasteiger partial charge in [0.25, 0.3) is 0 Å². The number of alkyl halides is 3. The summed E-state index contributed by atoms with van der Waals surface area (Å²) >= 11 is 5.79. The molecule has 0 unspecified atom stereocenters. The smallest absolute Gasteiger partial charge is 0.326 e. The zero-order valence-electron chi connectivity index (χ0n) is 13.1. The molecule has 2 rings (SSSR count). The Bertz CT molecular complexity index is 807. The summed E-state index contributed by atoms with van der Waals surface area (Å²) in [7, 11) is 0. The van der Waals surface area contributed by atoms with Gasteiger partial charge in [0.05, 0.1) is 16.3 Å². The third kappa shape index (κ3) is 5.49. The zero-order valence-corrected chi connectivity index (χ0v) is 13.8. The summed E-state index contributed by atoms with van der Waals surface area (Å²) in [5.41, 5.74) is 0.300. The van der Waals surface area contributed by atoms with E-state index in [4.69, 9.17) is 11.6 Å². The van der Waals surface area contributed by atoms with E-state index in [1.165, 1.54) is 0 Å². The van der Waals surface area contributed by atoms with Gasteiger partial charge in [0.2, 0.25) is 11.8 Å². The van der Waals surface area contributed by atoms with Crippen LogP contribution in [0.5, 0.6) is 0 Å². The molecule has 0 saturated carbocycles. The van der Waals surface area contributed by atoms with Crippen molar-refractivity contribution in [3.8, 4) is 0 Å². The Morgan fingerprint density at radius 1 is 1.04 bits per heavy atom. The highest BCUT2D eigenvalue weighted by atomic mass is 35.5. The summed E-state index contributed by atoms with van der Waals surface area (Å²) in [6.07, 6.45) is -5.12. The van der Waals surface area contributed by atoms with Crippen LogP contribution in [0.2, 0.25) is 5.02 Å². The van der Waals surface area contributed by atoms with Crippen LogP contribution < -0.4 is 10.6 Å². The molecule has 0 heterocycles. The minimum atomic E-state index is -4.56. The molecule has 25 heavy (non-hydrogen) atoms. The highest BCUT2D eigenvalue weighted by molar-refractivity contribution is 6.33. The number of carbonyl (C=O) groups is 2. The first kappa shape index (κ1) is 18.8. The largest absolute Gasteiger partial charge is 0.416 e. The van der Waals surface area contributed by atoms with Crippen LogP contribution in [0, 0.1) is 6.92 Å². The van der Waals surface area contributed by atoms with Gasteiger partial charge < -0.3 is 10.6 Å². The molecule has 0 aliphatic rings. The Labute approximate surface area is 147 Å². The fourth-order valence-electron chi connectivity index (χ4n) is 2.07. The van der Waals surface area contributed by atoms with Crippen LogP contribution in [0.25, 0.3) is 0 Å². The van der Waals surface area contributed by atoms with Crippen LogP contribution >= 0.6 is 11.6 Å². The Morgan fingerprint density at radius 2 is 1.72 bits per heavy atom. The van der Waals surface area contributed by atoms with E-state index in [0.717, 1.165) is 23.8 Å². The van der Waals surface area contributed by atoms with Gasteiger partial charge in [-0.3, -0.25) is 9.59 Å². The number of benzene rings is 2. The molecule has 0 aromatic heterocycles. The number of hydrogen-bond acceptors (Lipinski definition) is 2. The summed E-state index contributed by atoms with van der Waals surface area (Å²) in [6, 6.07) is 9.53. The Balaban J connectivity index is 2.01. The van der Waals surface area contributed by atoms with Crippen LogP contribution in [0.3, 0.4) is 0 Å². The van der Waals surface area contributed by atoms with E-state index < -0.39 is 30.0 Å². The summed E-state index contributed by atoms with van der Waals surface area (Å²) in [5, 5.41) is 4.70. The van der Waals surface area contributed by atoms with Crippen molar-refractivity contribution >= 4 is 34.8 Å². The van der Waals surface area contributed by atoms with E-state index in [-0.39, 0.29) is 10.7 Å². The maximum absolute atomic E-state index is 12.7. The second-order valence-corrected chi connectivity index (χ2v) is 5.74. The molecule has 0 fully saturated rings. The number of hydrogen-bond donors (Lipinski definition) is 2. The molecular weight excluding hydrogens is 357 g/mol. The summed E-state index contributed by atoms with van der Waals surface area (Å²) in [5.74, 6) is -1.36. The molecule has 2 amide bonds. The second-order valence-electron chi connectivity index (χ2n) is 5.33. The van der Waals surface area contributed by atoms with Gasteiger partial charge in [-0.25, -0.2) is 0 Å².